The largest absolute Gasteiger partial charge is 0.480 e. The fourth-order valence-electron chi connectivity index (χ4n) is 4.53. The number of nitrogens with zero attached hydrogens (tertiary/aromatic N) is 1. The van der Waals surface area contributed by atoms with Gasteiger partial charge in [-0.1, -0.05) is 12.1 Å². The van der Waals surface area contributed by atoms with Crippen LogP contribution in [0.5, 0.6) is 5.75 Å². The number of sulfonamides is 1. The Bertz CT molecular complexity index is 1410. The van der Waals surface area contributed by atoms with Crippen molar-refractivity contribution in [1.29, 1.82) is 0 Å². The fourth-order valence-corrected chi connectivity index (χ4v) is 5.06. The van der Waals surface area contributed by atoms with Gasteiger partial charge in [0.25, 0.3) is 5.91 Å². The van der Waals surface area contributed by atoms with Crippen LogP contribution in [0.25, 0.3) is 11.1 Å². The predicted octanol–water partition coefficient (Wildman–Crippen LogP) is 3.56. The van der Waals surface area contributed by atoms with Crippen molar-refractivity contribution in [2.75, 3.05) is 4.90 Å². The van der Waals surface area contributed by atoms with Gasteiger partial charge < -0.3 is 9.64 Å². The van der Waals surface area contributed by atoms with Gasteiger partial charge in [-0.3, -0.25) is 4.79 Å². The zero-order valence-corrected chi connectivity index (χ0v) is 18.4. The molecule has 0 fully saturated rings. The van der Waals surface area contributed by atoms with Crippen molar-refractivity contribution in [2.24, 2.45) is 5.14 Å². The number of fused-ring (bicyclic) bond motifs is 2. The van der Waals surface area contributed by atoms with Crippen LogP contribution in [-0.4, -0.2) is 26.5 Å². The molecule has 3 aromatic carbocycles. The summed E-state index contributed by atoms with van der Waals surface area (Å²) in [6, 6.07) is 12.5. The maximum Gasteiger partial charge on any atom is 0.268 e. The molecule has 5 rings (SSSR count). The number of carbonyl (C=O) groups is 1. The Kier molecular flexibility index (Phi) is 4.98. The summed E-state index contributed by atoms with van der Waals surface area (Å²) >= 11 is 0. The number of halogens is 2. The predicted molar refractivity (Wildman–Crippen MR) is 118 cm³/mol. The lowest BCUT2D eigenvalue weighted by Crippen LogP contribution is -2.44. The van der Waals surface area contributed by atoms with E-state index in [4.69, 9.17) is 9.88 Å². The highest BCUT2D eigenvalue weighted by atomic mass is 32.2. The van der Waals surface area contributed by atoms with Crippen molar-refractivity contribution >= 4 is 21.6 Å². The second kappa shape index (κ2) is 7.64. The molecule has 2 aliphatic rings. The van der Waals surface area contributed by atoms with Gasteiger partial charge in [0.2, 0.25) is 10.0 Å². The minimum Gasteiger partial charge on any atom is -0.480 e. The molecule has 0 saturated carbocycles. The summed E-state index contributed by atoms with van der Waals surface area (Å²) in [5.41, 5.74) is 2.67. The number of primary sulfonamides is 1. The van der Waals surface area contributed by atoms with Gasteiger partial charge in [-0.2, -0.15) is 0 Å². The lowest BCUT2D eigenvalue weighted by atomic mass is 10.00. The Hall–Kier alpha value is -3.30. The lowest BCUT2D eigenvalue weighted by molar-refractivity contribution is -0.124. The maximum atomic E-state index is 14.2. The molecule has 3 aromatic rings. The van der Waals surface area contributed by atoms with E-state index in [0.29, 0.717) is 29.0 Å². The Balaban J connectivity index is 1.43. The average molecular weight is 470 g/mol. The number of rotatable bonds is 3. The average Bonchev–Trinajstić information content (AvgIpc) is 3.33. The van der Waals surface area contributed by atoms with E-state index in [1.807, 2.05) is 6.92 Å². The highest BCUT2D eigenvalue weighted by molar-refractivity contribution is 7.89. The zero-order valence-electron chi connectivity index (χ0n) is 17.6. The Morgan fingerprint density at radius 2 is 1.82 bits per heavy atom. The normalized spacial score (nSPS) is 19.2. The Morgan fingerprint density at radius 1 is 1.03 bits per heavy atom. The van der Waals surface area contributed by atoms with Gasteiger partial charge in [-0.15, -0.1) is 0 Å². The molecule has 2 unspecified atom stereocenters. The van der Waals surface area contributed by atoms with Crippen molar-refractivity contribution in [3.05, 3.63) is 77.4 Å². The van der Waals surface area contributed by atoms with Crippen LogP contribution in [0, 0.1) is 11.6 Å². The van der Waals surface area contributed by atoms with Crippen molar-refractivity contribution in [3.63, 3.8) is 0 Å². The van der Waals surface area contributed by atoms with E-state index in [1.54, 1.807) is 29.2 Å². The van der Waals surface area contributed by atoms with Crippen LogP contribution in [-0.2, 0) is 27.7 Å². The standard InChI is InChI=1S/C24H20F2N2O4S/c1-13-8-15-2-5-18(33(27,30)31)12-21(15)28(13)24(29)23-10-16-9-14(3-7-22(16)32-23)19-11-17(25)4-6-20(19)26/h2-7,9,11-13,23H,8,10H2,1H3,(H2,27,30,31). The summed E-state index contributed by atoms with van der Waals surface area (Å²) in [5, 5.41) is 5.26. The van der Waals surface area contributed by atoms with Gasteiger partial charge >= 0.3 is 0 Å². The van der Waals surface area contributed by atoms with Crippen molar-refractivity contribution < 1.29 is 26.7 Å². The minimum atomic E-state index is -3.92. The number of nitrogens with two attached hydrogens (primary N) is 1. The van der Waals surface area contributed by atoms with E-state index in [1.165, 1.54) is 12.1 Å². The smallest absolute Gasteiger partial charge is 0.268 e. The first kappa shape index (κ1) is 21.5. The molecule has 2 N–H and O–H groups in total. The third-order valence-corrected chi connectivity index (χ3v) is 7.00. The molecule has 2 atom stereocenters. The fraction of sp³-hybridized carbons (Fsp3) is 0.208. The number of carbonyl (C=O) groups excluding carboxylic acids is 1. The molecule has 9 heteroatoms. The third kappa shape index (κ3) is 3.77. The summed E-state index contributed by atoms with van der Waals surface area (Å²) < 4.78 is 57.3. The topological polar surface area (TPSA) is 89.7 Å². The van der Waals surface area contributed by atoms with Crippen molar-refractivity contribution in [1.82, 2.24) is 0 Å². The monoisotopic (exact) mass is 470 g/mol. The van der Waals surface area contributed by atoms with Gasteiger partial charge in [0, 0.05) is 23.7 Å². The maximum absolute atomic E-state index is 14.2. The second-order valence-corrected chi connectivity index (χ2v) is 9.92. The van der Waals surface area contributed by atoms with E-state index in [9.17, 15) is 22.0 Å². The molecule has 0 bridgehead atoms. The van der Waals surface area contributed by atoms with Crippen LogP contribution in [0.1, 0.15) is 18.1 Å². The molecule has 6 nitrogen and oxygen atoms in total. The molecule has 0 aliphatic carbocycles. The van der Waals surface area contributed by atoms with Crippen LogP contribution >= 0.6 is 0 Å². The van der Waals surface area contributed by atoms with Crippen LogP contribution in [0.3, 0.4) is 0 Å². The number of amides is 1. The molecule has 0 saturated heterocycles. The molecule has 0 radical (unpaired) electrons. The number of ether oxygens (including phenoxy) is 1. The number of hydrogen-bond acceptors (Lipinski definition) is 4. The molecule has 0 aromatic heterocycles. The quantitative estimate of drug-likeness (QED) is 0.634. The first-order valence-corrected chi connectivity index (χ1v) is 11.9. The van der Waals surface area contributed by atoms with Gasteiger partial charge in [0.1, 0.15) is 17.4 Å². The van der Waals surface area contributed by atoms with E-state index in [2.05, 4.69) is 0 Å². The van der Waals surface area contributed by atoms with E-state index < -0.39 is 27.8 Å². The number of hydrogen-bond donors (Lipinski definition) is 1. The molecular formula is C24H20F2N2O4S. The van der Waals surface area contributed by atoms with Gasteiger partial charge in [-0.25, -0.2) is 22.3 Å². The van der Waals surface area contributed by atoms with E-state index in [0.717, 1.165) is 23.8 Å². The van der Waals surface area contributed by atoms with Crippen LogP contribution < -0.4 is 14.8 Å². The zero-order chi connectivity index (χ0) is 23.5. The molecule has 2 heterocycles. The lowest BCUT2D eigenvalue weighted by Gasteiger charge is -2.25. The third-order valence-electron chi connectivity index (χ3n) is 6.09. The molecule has 1 amide bonds. The summed E-state index contributed by atoms with van der Waals surface area (Å²) in [6.45, 7) is 1.88. The van der Waals surface area contributed by atoms with Crippen molar-refractivity contribution in [2.45, 2.75) is 36.8 Å². The summed E-state index contributed by atoms with van der Waals surface area (Å²) in [4.78, 5) is 14.9. The first-order chi connectivity index (χ1) is 15.6. The Labute approximate surface area is 189 Å². The van der Waals surface area contributed by atoms with E-state index >= 15 is 0 Å². The summed E-state index contributed by atoms with van der Waals surface area (Å²) in [5.74, 6) is -0.894. The van der Waals surface area contributed by atoms with Crippen LogP contribution in [0.4, 0.5) is 14.5 Å². The first-order valence-electron chi connectivity index (χ1n) is 10.4. The molecule has 170 valence electrons. The van der Waals surface area contributed by atoms with Crippen molar-refractivity contribution in [3.8, 4) is 16.9 Å². The van der Waals surface area contributed by atoms with E-state index in [-0.39, 0.29) is 28.8 Å². The Morgan fingerprint density at radius 3 is 2.58 bits per heavy atom. The minimum absolute atomic E-state index is 0.0643. The summed E-state index contributed by atoms with van der Waals surface area (Å²) in [6.07, 6.45) is 0.0141. The van der Waals surface area contributed by atoms with Crippen LogP contribution in [0.15, 0.2) is 59.5 Å². The number of anilines is 1. The summed E-state index contributed by atoms with van der Waals surface area (Å²) in [7, 11) is -3.92. The molecular weight excluding hydrogens is 450 g/mol. The van der Waals surface area contributed by atoms with Gasteiger partial charge in [0.05, 0.1) is 4.90 Å². The molecule has 33 heavy (non-hydrogen) atoms. The highest BCUT2D eigenvalue weighted by Crippen LogP contribution is 2.38. The SMILES string of the molecule is CC1Cc2ccc(S(N)(=O)=O)cc2N1C(=O)C1Cc2cc(-c3cc(F)ccc3F)ccc2O1. The molecule has 2 aliphatic heterocycles. The second-order valence-electron chi connectivity index (χ2n) is 8.35. The molecule has 0 spiro atoms. The number of benzene rings is 3. The highest BCUT2D eigenvalue weighted by Gasteiger charge is 2.39. The van der Waals surface area contributed by atoms with Crippen LogP contribution in [0.2, 0.25) is 0 Å². The van der Waals surface area contributed by atoms with Gasteiger partial charge in [-0.05, 0) is 72.5 Å². The van der Waals surface area contributed by atoms with Gasteiger partial charge in [0.15, 0.2) is 6.10 Å².